The summed E-state index contributed by atoms with van der Waals surface area (Å²) in [4.78, 5) is 20.1. The van der Waals surface area contributed by atoms with Gasteiger partial charge in [0, 0.05) is 12.1 Å². The summed E-state index contributed by atoms with van der Waals surface area (Å²) in [5, 5.41) is 6.06. The van der Waals surface area contributed by atoms with Crippen LogP contribution in [0.1, 0.15) is 20.8 Å². The number of aliphatic imine (C=N–C) groups is 2. The van der Waals surface area contributed by atoms with Gasteiger partial charge in [0.15, 0.2) is 0 Å². The quantitative estimate of drug-likeness (QED) is 0.763. The molecule has 1 atom stereocenters. The van der Waals surface area contributed by atoms with Crippen LogP contribution < -0.4 is 10.6 Å². The highest BCUT2D eigenvalue weighted by Gasteiger charge is 2.40. The Balaban J connectivity index is 2.44. The van der Waals surface area contributed by atoms with E-state index in [4.69, 9.17) is 0 Å². The molecule has 17 heavy (non-hydrogen) atoms. The van der Waals surface area contributed by atoms with E-state index < -0.39 is 0 Å². The maximum Gasteiger partial charge on any atom is 0.263 e. The third-order valence-corrected chi connectivity index (χ3v) is 3.44. The maximum absolute atomic E-state index is 11.6. The second kappa shape index (κ2) is 4.25. The normalized spacial score (nSPS) is 28.8. The molecular formula is C11H15BrN4O. The lowest BCUT2D eigenvalue weighted by molar-refractivity contribution is -0.115. The molecule has 0 aromatic heterocycles. The van der Waals surface area contributed by atoms with Crippen LogP contribution in [0.25, 0.3) is 0 Å². The van der Waals surface area contributed by atoms with Gasteiger partial charge in [-0.05, 0) is 36.7 Å². The second-order valence-electron chi connectivity index (χ2n) is 4.59. The van der Waals surface area contributed by atoms with Crippen LogP contribution in [0, 0.1) is 5.92 Å². The van der Waals surface area contributed by atoms with Crippen LogP contribution in [-0.2, 0) is 4.79 Å². The summed E-state index contributed by atoms with van der Waals surface area (Å²) < 4.78 is 0.548. The first-order chi connectivity index (χ1) is 7.94. The molecule has 1 amide bonds. The average molecular weight is 299 g/mol. The molecule has 0 bridgehead atoms. The van der Waals surface area contributed by atoms with Gasteiger partial charge in [-0.2, -0.15) is 4.99 Å². The van der Waals surface area contributed by atoms with Crippen LogP contribution in [0.4, 0.5) is 0 Å². The van der Waals surface area contributed by atoms with E-state index >= 15 is 0 Å². The van der Waals surface area contributed by atoms with Crippen LogP contribution in [0.15, 0.2) is 20.5 Å². The van der Waals surface area contributed by atoms with E-state index in [-0.39, 0.29) is 17.4 Å². The standard InChI is InChI=1S/C11H15BrN4O/c1-4-13-10-15-8-6(11(2,3)16-10)5-7(12)9(17)14-8/h5-6H,4H2,1-3H3,(H2,13,14,15,16,17). The number of guanidine groups is 1. The van der Waals surface area contributed by atoms with Crippen molar-refractivity contribution in [3.05, 3.63) is 10.6 Å². The summed E-state index contributed by atoms with van der Waals surface area (Å²) in [6.45, 7) is 6.73. The second-order valence-corrected chi connectivity index (χ2v) is 5.44. The summed E-state index contributed by atoms with van der Waals surface area (Å²) >= 11 is 3.25. The smallest absolute Gasteiger partial charge is 0.263 e. The molecule has 2 aliphatic rings. The molecule has 92 valence electrons. The zero-order valence-electron chi connectivity index (χ0n) is 10.0. The van der Waals surface area contributed by atoms with Crippen molar-refractivity contribution in [1.82, 2.24) is 10.6 Å². The highest BCUT2D eigenvalue weighted by atomic mass is 79.9. The van der Waals surface area contributed by atoms with E-state index in [9.17, 15) is 4.79 Å². The minimum absolute atomic E-state index is 0.0328. The van der Waals surface area contributed by atoms with Crippen LogP contribution in [0.3, 0.4) is 0 Å². The van der Waals surface area contributed by atoms with Crippen molar-refractivity contribution in [3.8, 4) is 0 Å². The van der Waals surface area contributed by atoms with Gasteiger partial charge in [-0.3, -0.25) is 9.79 Å². The monoisotopic (exact) mass is 298 g/mol. The zero-order valence-corrected chi connectivity index (χ0v) is 11.6. The van der Waals surface area contributed by atoms with E-state index in [1.54, 1.807) is 0 Å². The van der Waals surface area contributed by atoms with Crippen LogP contribution >= 0.6 is 15.9 Å². The van der Waals surface area contributed by atoms with Gasteiger partial charge in [-0.25, -0.2) is 0 Å². The third kappa shape index (κ3) is 2.26. The maximum atomic E-state index is 11.6. The molecule has 0 aliphatic carbocycles. The average Bonchev–Trinajstić information content (AvgIpc) is 2.21. The fraction of sp³-hybridized carbons (Fsp3) is 0.545. The van der Waals surface area contributed by atoms with Crippen molar-refractivity contribution in [1.29, 1.82) is 0 Å². The minimum atomic E-state index is -0.224. The molecule has 6 heteroatoms. The number of amidine groups is 1. The number of carbonyl (C=O) groups excluding carboxylic acids is 1. The van der Waals surface area contributed by atoms with E-state index in [0.29, 0.717) is 22.8 Å². The molecule has 0 fully saturated rings. The predicted octanol–water partition coefficient (Wildman–Crippen LogP) is 1.17. The lowest BCUT2D eigenvalue weighted by Crippen LogP contribution is -2.59. The van der Waals surface area contributed by atoms with Gasteiger partial charge in [-0.1, -0.05) is 6.08 Å². The molecule has 0 aromatic rings. The van der Waals surface area contributed by atoms with E-state index in [2.05, 4.69) is 50.4 Å². The Morgan fingerprint density at radius 1 is 1.59 bits per heavy atom. The van der Waals surface area contributed by atoms with E-state index in [1.165, 1.54) is 0 Å². The minimum Gasteiger partial charge on any atom is -0.349 e. The number of halogens is 1. The number of amides is 1. The first-order valence-electron chi connectivity index (χ1n) is 5.54. The Morgan fingerprint density at radius 2 is 2.29 bits per heavy atom. The van der Waals surface area contributed by atoms with Crippen molar-refractivity contribution < 1.29 is 4.79 Å². The number of nitrogens with zero attached hydrogens (tertiary/aromatic N) is 2. The number of hydrogen-bond donors (Lipinski definition) is 2. The molecule has 2 aliphatic heterocycles. The molecule has 0 saturated carbocycles. The van der Waals surface area contributed by atoms with Crippen LogP contribution in [0.2, 0.25) is 0 Å². The van der Waals surface area contributed by atoms with Gasteiger partial charge in [0.2, 0.25) is 5.96 Å². The Labute approximate surface area is 109 Å². The summed E-state index contributed by atoms with van der Waals surface area (Å²) in [7, 11) is 0. The Kier molecular flexibility index (Phi) is 3.07. The van der Waals surface area contributed by atoms with Crippen molar-refractivity contribution in [2.45, 2.75) is 26.3 Å². The van der Waals surface area contributed by atoms with Crippen molar-refractivity contribution >= 4 is 33.6 Å². The predicted molar refractivity (Wildman–Crippen MR) is 71.3 cm³/mol. The molecule has 0 radical (unpaired) electrons. The third-order valence-electron chi connectivity index (χ3n) is 2.81. The molecule has 0 spiro atoms. The van der Waals surface area contributed by atoms with Gasteiger partial charge in [0.05, 0.1) is 10.4 Å². The lowest BCUT2D eigenvalue weighted by Gasteiger charge is -2.40. The summed E-state index contributed by atoms with van der Waals surface area (Å²) in [5.74, 6) is 1.11. The molecule has 0 saturated heterocycles. The molecule has 2 rings (SSSR count). The van der Waals surface area contributed by atoms with Gasteiger partial charge in [0.1, 0.15) is 5.84 Å². The van der Waals surface area contributed by atoms with Gasteiger partial charge >= 0.3 is 0 Å². The van der Waals surface area contributed by atoms with Gasteiger partial charge < -0.3 is 10.6 Å². The Morgan fingerprint density at radius 3 is 2.94 bits per heavy atom. The number of hydrogen-bond acceptors (Lipinski definition) is 2. The lowest BCUT2D eigenvalue weighted by atomic mass is 9.83. The highest BCUT2D eigenvalue weighted by Crippen LogP contribution is 2.28. The summed E-state index contributed by atoms with van der Waals surface area (Å²) in [6, 6.07) is 0. The molecule has 2 N–H and O–H groups in total. The summed E-state index contributed by atoms with van der Waals surface area (Å²) in [6.07, 6.45) is 1.88. The Bertz CT molecular complexity index is 450. The fourth-order valence-electron chi connectivity index (χ4n) is 1.93. The zero-order chi connectivity index (χ0) is 12.6. The molecular weight excluding hydrogens is 284 g/mol. The highest BCUT2D eigenvalue weighted by molar-refractivity contribution is 9.12. The van der Waals surface area contributed by atoms with Crippen molar-refractivity contribution in [3.63, 3.8) is 0 Å². The number of rotatable bonds is 1. The number of carbonyl (C=O) groups is 1. The molecule has 5 nitrogen and oxygen atoms in total. The van der Waals surface area contributed by atoms with E-state index in [1.807, 2.05) is 13.0 Å². The van der Waals surface area contributed by atoms with Crippen molar-refractivity contribution in [2.75, 3.05) is 6.54 Å². The molecule has 2 heterocycles. The van der Waals surface area contributed by atoms with Gasteiger partial charge in [-0.15, -0.1) is 0 Å². The molecule has 0 aromatic carbocycles. The molecule has 1 unspecified atom stereocenters. The number of nitrogens with one attached hydrogen (secondary N) is 2. The first kappa shape index (κ1) is 12.3. The van der Waals surface area contributed by atoms with Crippen LogP contribution in [-0.4, -0.2) is 29.8 Å². The van der Waals surface area contributed by atoms with Crippen molar-refractivity contribution in [2.24, 2.45) is 15.9 Å². The van der Waals surface area contributed by atoms with Gasteiger partial charge in [0.25, 0.3) is 5.91 Å². The van der Waals surface area contributed by atoms with E-state index in [0.717, 1.165) is 0 Å². The SMILES string of the molecule is CCN=C1N=C2NC(=O)C(Br)=CC2C(C)(C)N1. The Hall–Kier alpha value is -1.17. The summed E-state index contributed by atoms with van der Waals surface area (Å²) in [5.41, 5.74) is -0.224. The topological polar surface area (TPSA) is 65.8 Å². The van der Waals surface area contributed by atoms with Crippen LogP contribution in [0.5, 0.6) is 0 Å². The largest absolute Gasteiger partial charge is 0.349 e. The first-order valence-corrected chi connectivity index (χ1v) is 6.33. The fourth-order valence-corrected chi connectivity index (χ4v) is 2.30. The number of fused-ring (bicyclic) bond motifs is 1.